The molecule has 2 aromatic rings. The summed E-state index contributed by atoms with van der Waals surface area (Å²) in [6.45, 7) is 7.49. The first-order chi connectivity index (χ1) is 9.83. The number of rotatable bonds is 7. The van der Waals surface area contributed by atoms with Crippen LogP contribution in [0.1, 0.15) is 25.2 Å². The van der Waals surface area contributed by atoms with Gasteiger partial charge in [0, 0.05) is 25.5 Å². The molecule has 2 aromatic heterocycles. The Hall–Kier alpha value is -2.01. The normalized spacial score (nSPS) is 10.5. The second kappa shape index (κ2) is 7.55. The van der Waals surface area contributed by atoms with Crippen LogP contribution in [0, 0.1) is 0 Å². The van der Waals surface area contributed by atoms with E-state index in [1.807, 2.05) is 30.6 Å². The lowest BCUT2D eigenvalue weighted by Crippen LogP contribution is -2.24. The number of pyridine rings is 1. The number of anilines is 1. The maximum absolute atomic E-state index is 4.65. The summed E-state index contributed by atoms with van der Waals surface area (Å²) in [4.78, 5) is 15.5. The molecule has 0 unspecified atom stereocenters. The van der Waals surface area contributed by atoms with E-state index in [-0.39, 0.29) is 0 Å². The predicted molar refractivity (Wildman–Crippen MR) is 80.4 cm³/mol. The van der Waals surface area contributed by atoms with Crippen molar-refractivity contribution in [3.8, 4) is 0 Å². The van der Waals surface area contributed by atoms with Gasteiger partial charge in [-0.25, -0.2) is 4.98 Å². The molecule has 1 N–H and O–H groups in total. The number of hydrogen-bond donors (Lipinski definition) is 1. The maximum Gasteiger partial charge on any atom is 0.147 e. The van der Waals surface area contributed by atoms with E-state index in [9.17, 15) is 0 Å². The van der Waals surface area contributed by atoms with Gasteiger partial charge in [0.2, 0.25) is 0 Å². The molecule has 0 saturated heterocycles. The molecule has 0 aromatic carbocycles. The summed E-state index contributed by atoms with van der Waals surface area (Å²) in [6.07, 6.45) is 5.43. The largest absolute Gasteiger partial charge is 0.350 e. The number of aromatic nitrogens is 3. The summed E-state index contributed by atoms with van der Waals surface area (Å²) in [7, 11) is 0. The second-order valence-corrected chi connectivity index (χ2v) is 4.48. The molecule has 0 aliphatic heterocycles. The van der Waals surface area contributed by atoms with E-state index in [1.54, 1.807) is 6.20 Å². The lowest BCUT2D eigenvalue weighted by Gasteiger charge is -2.21. The number of nitrogens with one attached hydrogen (secondary N) is 1. The molecule has 0 spiro atoms. The smallest absolute Gasteiger partial charge is 0.147 e. The average Bonchev–Trinajstić information content (AvgIpc) is 2.52. The first-order valence-corrected chi connectivity index (χ1v) is 7.00. The fourth-order valence-corrected chi connectivity index (χ4v) is 1.93. The van der Waals surface area contributed by atoms with E-state index >= 15 is 0 Å². The molecule has 5 heteroatoms. The third kappa shape index (κ3) is 3.99. The maximum atomic E-state index is 4.65. The molecule has 106 valence electrons. The first-order valence-electron chi connectivity index (χ1n) is 7.00. The van der Waals surface area contributed by atoms with Crippen LogP contribution < -0.4 is 10.2 Å². The van der Waals surface area contributed by atoms with Crippen molar-refractivity contribution in [3.05, 3.63) is 48.2 Å². The Morgan fingerprint density at radius 2 is 2.05 bits per heavy atom. The molecule has 0 aliphatic rings. The third-order valence-electron chi connectivity index (χ3n) is 3.01. The Morgan fingerprint density at radius 1 is 1.15 bits per heavy atom. The van der Waals surface area contributed by atoms with Gasteiger partial charge in [0.25, 0.3) is 0 Å². The van der Waals surface area contributed by atoms with Crippen molar-refractivity contribution in [1.29, 1.82) is 0 Å². The Morgan fingerprint density at radius 3 is 2.75 bits per heavy atom. The van der Waals surface area contributed by atoms with Crippen LogP contribution in [0.25, 0.3) is 0 Å². The van der Waals surface area contributed by atoms with Crippen molar-refractivity contribution in [2.45, 2.75) is 26.9 Å². The van der Waals surface area contributed by atoms with Crippen LogP contribution in [0.5, 0.6) is 0 Å². The van der Waals surface area contributed by atoms with Crippen LogP contribution in [-0.2, 0) is 13.1 Å². The van der Waals surface area contributed by atoms with Gasteiger partial charge >= 0.3 is 0 Å². The highest BCUT2D eigenvalue weighted by Gasteiger charge is 2.08. The van der Waals surface area contributed by atoms with Crippen molar-refractivity contribution < 1.29 is 0 Å². The van der Waals surface area contributed by atoms with E-state index in [1.165, 1.54) is 0 Å². The highest BCUT2D eigenvalue weighted by atomic mass is 15.2. The first kappa shape index (κ1) is 14.4. The SMILES string of the molecule is CCNCc1cncc(N(CC)Cc2ccccn2)n1. The monoisotopic (exact) mass is 271 g/mol. The third-order valence-corrected chi connectivity index (χ3v) is 3.01. The topological polar surface area (TPSA) is 53.9 Å². The lowest BCUT2D eigenvalue weighted by molar-refractivity contribution is 0.700. The molecular formula is C15H21N5. The Balaban J connectivity index is 2.10. The Bertz CT molecular complexity index is 515. The standard InChI is InChI=1S/C15H21N5/c1-3-16-9-14-10-17-11-15(19-14)20(4-2)12-13-7-5-6-8-18-13/h5-8,10-11,16H,3-4,9,12H2,1-2H3. The fraction of sp³-hybridized carbons (Fsp3) is 0.400. The van der Waals surface area contributed by atoms with Gasteiger partial charge in [-0.1, -0.05) is 13.0 Å². The van der Waals surface area contributed by atoms with Gasteiger partial charge in [-0.3, -0.25) is 9.97 Å². The van der Waals surface area contributed by atoms with Gasteiger partial charge in [0.1, 0.15) is 5.82 Å². The Kier molecular flexibility index (Phi) is 5.43. The summed E-state index contributed by atoms with van der Waals surface area (Å²) in [5.74, 6) is 0.897. The van der Waals surface area contributed by atoms with Crippen LogP contribution in [0.4, 0.5) is 5.82 Å². The van der Waals surface area contributed by atoms with Crippen molar-refractivity contribution in [2.75, 3.05) is 18.0 Å². The van der Waals surface area contributed by atoms with Crippen molar-refractivity contribution in [1.82, 2.24) is 20.3 Å². The molecule has 5 nitrogen and oxygen atoms in total. The molecular weight excluding hydrogens is 250 g/mol. The molecule has 0 atom stereocenters. The highest BCUT2D eigenvalue weighted by molar-refractivity contribution is 5.36. The summed E-state index contributed by atoms with van der Waals surface area (Å²) >= 11 is 0. The van der Waals surface area contributed by atoms with Crippen LogP contribution in [0.15, 0.2) is 36.8 Å². The molecule has 0 aliphatic carbocycles. The van der Waals surface area contributed by atoms with E-state index in [2.05, 4.69) is 39.0 Å². The molecule has 0 radical (unpaired) electrons. The molecule has 0 amide bonds. The van der Waals surface area contributed by atoms with E-state index in [4.69, 9.17) is 0 Å². The van der Waals surface area contributed by atoms with Crippen LogP contribution >= 0.6 is 0 Å². The van der Waals surface area contributed by atoms with E-state index in [0.717, 1.165) is 43.4 Å². The van der Waals surface area contributed by atoms with Gasteiger partial charge in [-0.05, 0) is 25.6 Å². The van der Waals surface area contributed by atoms with Crippen molar-refractivity contribution in [2.24, 2.45) is 0 Å². The quantitative estimate of drug-likeness (QED) is 0.835. The molecule has 0 bridgehead atoms. The van der Waals surface area contributed by atoms with Crippen LogP contribution in [0.2, 0.25) is 0 Å². The number of nitrogens with zero attached hydrogens (tertiary/aromatic N) is 4. The molecule has 2 rings (SSSR count). The number of hydrogen-bond acceptors (Lipinski definition) is 5. The fourth-order valence-electron chi connectivity index (χ4n) is 1.93. The van der Waals surface area contributed by atoms with Crippen LogP contribution in [0.3, 0.4) is 0 Å². The average molecular weight is 271 g/mol. The summed E-state index contributed by atoms with van der Waals surface area (Å²) in [5, 5.41) is 3.27. The molecule has 20 heavy (non-hydrogen) atoms. The molecule has 2 heterocycles. The zero-order valence-electron chi connectivity index (χ0n) is 12.1. The molecule has 0 saturated carbocycles. The zero-order chi connectivity index (χ0) is 14.2. The Labute approximate surface area is 120 Å². The summed E-state index contributed by atoms with van der Waals surface area (Å²) in [6, 6.07) is 5.96. The van der Waals surface area contributed by atoms with Gasteiger partial charge in [-0.15, -0.1) is 0 Å². The minimum absolute atomic E-state index is 0.747. The summed E-state index contributed by atoms with van der Waals surface area (Å²) in [5.41, 5.74) is 2.00. The predicted octanol–water partition coefficient (Wildman–Crippen LogP) is 2.01. The lowest BCUT2D eigenvalue weighted by atomic mass is 10.3. The van der Waals surface area contributed by atoms with Crippen molar-refractivity contribution in [3.63, 3.8) is 0 Å². The second-order valence-electron chi connectivity index (χ2n) is 4.48. The van der Waals surface area contributed by atoms with E-state index < -0.39 is 0 Å². The van der Waals surface area contributed by atoms with Crippen molar-refractivity contribution >= 4 is 5.82 Å². The molecule has 0 fully saturated rings. The minimum atomic E-state index is 0.747. The van der Waals surface area contributed by atoms with Gasteiger partial charge < -0.3 is 10.2 Å². The van der Waals surface area contributed by atoms with E-state index in [0.29, 0.717) is 0 Å². The highest BCUT2D eigenvalue weighted by Crippen LogP contribution is 2.12. The van der Waals surface area contributed by atoms with Gasteiger partial charge in [-0.2, -0.15) is 0 Å². The van der Waals surface area contributed by atoms with Gasteiger partial charge in [0.15, 0.2) is 0 Å². The minimum Gasteiger partial charge on any atom is -0.350 e. The van der Waals surface area contributed by atoms with Gasteiger partial charge in [0.05, 0.1) is 24.1 Å². The summed E-state index contributed by atoms with van der Waals surface area (Å²) < 4.78 is 0. The zero-order valence-corrected chi connectivity index (χ0v) is 12.1. The van der Waals surface area contributed by atoms with Crippen LogP contribution in [-0.4, -0.2) is 28.0 Å².